The first-order chi connectivity index (χ1) is 14.6. The summed E-state index contributed by atoms with van der Waals surface area (Å²) in [6, 6.07) is 2.95. The predicted octanol–water partition coefficient (Wildman–Crippen LogP) is 5.74. The third kappa shape index (κ3) is 5.48. The van der Waals surface area contributed by atoms with Crippen molar-refractivity contribution in [3.63, 3.8) is 0 Å². The molecule has 170 valence electrons. The first kappa shape index (κ1) is 23.7. The second-order valence-electron chi connectivity index (χ2n) is 9.31. The van der Waals surface area contributed by atoms with E-state index in [4.69, 9.17) is 14.4 Å². The molecule has 0 aromatic heterocycles. The van der Waals surface area contributed by atoms with Gasteiger partial charge in [-0.05, 0) is 71.1 Å². The molecule has 0 bridgehead atoms. The molecule has 0 fully saturated rings. The van der Waals surface area contributed by atoms with E-state index < -0.39 is 20.2 Å². The minimum absolute atomic E-state index is 0.104. The van der Waals surface area contributed by atoms with Crippen molar-refractivity contribution in [2.75, 3.05) is 0 Å². The van der Waals surface area contributed by atoms with Crippen LogP contribution in [0, 0.1) is 5.92 Å². The molecule has 31 heavy (non-hydrogen) atoms. The molecule has 1 N–H and O–H groups in total. The zero-order chi connectivity index (χ0) is 22.8. The van der Waals surface area contributed by atoms with Gasteiger partial charge in [0.25, 0.3) is 0 Å². The van der Waals surface area contributed by atoms with Gasteiger partial charge in [0.2, 0.25) is 0 Å². The Balaban J connectivity index is 2.06. The van der Waals surface area contributed by atoms with E-state index in [0.29, 0.717) is 5.75 Å². The van der Waals surface area contributed by atoms with Gasteiger partial charge >= 0.3 is 14.1 Å². The summed E-state index contributed by atoms with van der Waals surface area (Å²) in [5, 5.41) is 9.09. The summed E-state index contributed by atoms with van der Waals surface area (Å²) in [6.45, 7) is 9.97. The smallest absolute Gasteiger partial charge is 0.395 e. The van der Waals surface area contributed by atoms with Crippen LogP contribution < -0.4 is 14.2 Å². The molecule has 0 spiro atoms. The van der Waals surface area contributed by atoms with Gasteiger partial charge in [0.05, 0.1) is 0 Å². The molecule has 0 amide bonds. The van der Waals surface area contributed by atoms with Crippen LogP contribution in [-0.4, -0.2) is 22.7 Å². The van der Waals surface area contributed by atoms with E-state index in [1.54, 1.807) is 0 Å². The summed E-state index contributed by atoms with van der Waals surface area (Å²) in [6.07, 6.45) is 8.53. The molecule has 7 heteroatoms. The highest BCUT2D eigenvalue weighted by Crippen LogP contribution is 2.54. The lowest BCUT2D eigenvalue weighted by molar-refractivity contribution is -0.169. The summed E-state index contributed by atoms with van der Waals surface area (Å²) in [5.41, 5.74) is 2.99. The van der Waals surface area contributed by atoms with E-state index in [2.05, 4.69) is 44.6 Å². The van der Waals surface area contributed by atoms with Gasteiger partial charge in [-0.2, -0.15) is 0 Å². The molecule has 1 aromatic carbocycles. The maximum Gasteiger partial charge on any atom is 0.395 e. The van der Waals surface area contributed by atoms with Crippen LogP contribution >= 0.6 is 8.17 Å². The number of hydrogen-bond acceptors (Lipinski definition) is 5. The first-order valence-electron chi connectivity index (χ1n) is 11.2. The van der Waals surface area contributed by atoms with Crippen LogP contribution in [0.1, 0.15) is 83.8 Å². The second kappa shape index (κ2) is 9.70. The third-order valence-electron chi connectivity index (χ3n) is 6.38. The largest absolute Gasteiger partial charge is 0.575 e. The summed E-state index contributed by atoms with van der Waals surface area (Å²) < 4.78 is 16.1. The van der Waals surface area contributed by atoms with Gasteiger partial charge in [-0.15, -0.1) is 0 Å². The van der Waals surface area contributed by atoms with Gasteiger partial charge in [0.15, 0.2) is 11.8 Å². The molecule has 0 saturated heterocycles. The standard InChI is InChI=1S/C24H34NO5P/c1-6-7-8-9-17-13-20-22(21(14-17)30-31(28)25-16(3)23(26)27)18-12-15(2)10-11-19(18)24(4,5)29-20/h12-14,16,18-19H,6-11H2,1-5H3,(H,26,27)/t16?,18-,19-/m1/s1. The molecule has 2 unspecified atom stereocenters. The molecular formula is C24H34NO5P. The normalized spacial score (nSPS) is 23.2. The van der Waals surface area contributed by atoms with Crippen LogP contribution in [0.25, 0.3) is 0 Å². The lowest BCUT2D eigenvalue weighted by Crippen LogP contribution is -2.45. The Hall–Kier alpha value is -1.91. The fourth-order valence-corrected chi connectivity index (χ4v) is 5.41. The number of carboxylic acids is 1. The molecule has 1 aliphatic heterocycles. The number of benzene rings is 1. The number of rotatable bonds is 8. The number of ether oxygens (including phenoxy) is 1. The number of fused-ring (bicyclic) bond motifs is 3. The molecule has 0 radical (unpaired) electrons. The van der Waals surface area contributed by atoms with Crippen LogP contribution in [-0.2, 0) is 11.2 Å². The van der Waals surface area contributed by atoms with Crippen molar-refractivity contribution >= 4 is 14.1 Å². The highest BCUT2D eigenvalue weighted by atomic mass is 31.1. The molecule has 4 atom stereocenters. The number of carbonyl (C=O) groups is 1. The van der Waals surface area contributed by atoms with E-state index in [1.165, 1.54) is 12.5 Å². The lowest BCUT2D eigenvalue weighted by atomic mass is 9.68. The molecule has 3 rings (SSSR count). The van der Waals surface area contributed by atoms with E-state index in [9.17, 15) is 9.69 Å². The van der Waals surface area contributed by atoms with E-state index >= 15 is 0 Å². The molecule has 0 saturated carbocycles. The number of unbranched alkanes of at least 4 members (excludes halogenated alkanes) is 2. The van der Waals surface area contributed by atoms with Crippen molar-refractivity contribution in [1.29, 1.82) is 0 Å². The molecule has 1 aliphatic carbocycles. The second-order valence-corrected chi connectivity index (χ2v) is 10.2. The zero-order valence-electron chi connectivity index (χ0n) is 19.2. The lowest BCUT2D eigenvalue weighted by Gasteiger charge is -2.46. The predicted molar refractivity (Wildman–Crippen MR) is 121 cm³/mol. The summed E-state index contributed by atoms with van der Waals surface area (Å²) in [5.74, 6) is 0.536. The van der Waals surface area contributed by atoms with Crippen molar-refractivity contribution < 1.29 is 24.1 Å². The summed E-state index contributed by atoms with van der Waals surface area (Å²) in [7, 11) is -2.51. The van der Waals surface area contributed by atoms with E-state index in [0.717, 1.165) is 55.4 Å². The quantitative estimate of drug-likeness (QED) is 0.312. The minimum atomic E-state index is -2.51. The molecule has 2 aliphatic rings. The average molecular weight is 448 g/mol. The number of carboxylic acid groups (broad SMARTS) is 1. The fraction of sp³-hybridized carbons (Fsp3) is 0.625. The highest BCUT2D eigenvalue weighted by Gasteiger charge is 2.46. The fourth-order valence-electron chi connectivity index (χ4n) is 4.66. The third-order valence-corrected chi connectivity index (χ3v) is 7.27. The maximum absolute atomic E-state index is 12.6. The summed E-state index contributed by atoms with van der Waals surface area (Å²) in [4.78, 5) is 23.7. The first-order valence-corrected chi connectivity index (χ1v) is 12.4. The van der Waals surface area contributed by atoms with Gasteiger partial charge in [0.1, 0.15) is 11.4 Å². The van der Waals surface area contributed by atoms with Crippen molar-refractivity contribution in [3.8, 4) is 11.5 Å². The van der Waals surface area contributed by atoms with Gasteiger partial charge in [0, 0.05) is 17.4 Å². The van der Waals surface area contributed by atoms with Crippen molar-refractivity contribution in [3.05, 3.63) is 34.9 Å². The van der Waals surface area contributed by atoms with E-state index in [1.807, 2.05) is 6.07 Å². The Labute approximate surface area is 186 Å². The number of nitrogens with zero attached hydrogens (tertiary/aromatic N) is 1. The number of hydrogen-bond donors (Lipinski definition) is 1. The van der Waals surface area contributed by atoms with Crippen LogP contribution in [0.4, 0.5) is 0 Å². The Bertz CT molecular complexity index is 892. The SMILES string of the molecule is CCCCCc1cc(O/[P+]([O-])=N/C(C)C(=O)O)c2c(c1)OC(C)(C)[C@@H]1CCC(C)=C[C@@H]21. The summed E-state index contributed by atoms with van der Waals surface area (Å²) >= 11 is 0. The van der Waals surface area contributed by atoms with Crippen molar-refractivity contribution in [2.45, 2.75) is 90.7 Å². The molecular weight excluding hydrogens is 413 g/mol. The van der Waals surface area contributed by atoms with Gasteiger partial charge in [-0.25, -0.2) is 4.79 Å². The van der Waals surface area contributed by atoms with Crippen LogP contribution in [0.2, 0.25) is 0 Å². The molecule has 6 nitrogen and oxygen atoms in total. The Kier molecular flexibility index (Phi) is 7.43. The van der Waals surface area contributed by atoms with Crippen molar-refractivity contribution in [1.82, 2.24) is 0 Å². The number of allylic oxidation sites excluding steroid dienone is 2. The van der Waals surface area contributed by atoms with Crippen molar-refractivity contribution in [2.24, 2.45) is 10.7 Å². The Morgan fingerprint density at radius 1 is 1.42 bits per heavy atom. The monoisotopic (exact) mass is 447 g/mol. The molecule has 1 heterocycles. The van der Waals surface area contributed by atoms with Gasteiger partial charge in [-0.1, -0.05) is 36.2 Å². The number of aliphatic carboxylic acids is 1. The van der Waals surface area contributed by atoms with E-state index in [-0.39, 0.29) is 17.4 Å². The highest BCUT2D eigenvalue weighted by molar-refractivity contribution is 7.34. The van der Waals surface area contributed by atoms with Crippen LogP contribution in [0.15, 0.2) is 28.5 Å². The molecule has 1 aromatic rings. The van der Waals surface area contributed by atoms with Crippen LogP contribution in [0.5, 0.6) is 11.5 Å². The average Bonchev–Trinajstić information content (AvgIpc) is 2.66. The zero-order valence-corrected chi connectivity index (χ0v) is 20.1. The Morgan fingerprint density at radius 2 is 2.16 bits per heavy atom. The maximum atomic E-state index is 12.6. The minimum Gasteiger partial charge on any atom is -0.575 e. The number of aryl methyl sites for hydroxylation is 1. The van der Waals surface area contributed by atoms with Gasteiger partial charge < -0.3 is 14.7 Å². The van der Waals surface area contributed by atoms with Gasteiger partial charge in [-0.3, -0.25) is 4.52 Å². The topological polar surface area (TPSA) is 91.2 Å². The van der Waals surface area contributed by atoms with Crippen LogP contribution in [0.3, 0.4) is 0 Å². The Morgan fingerprint density at radius 3 is 2.84 bits per heavy atom.